The highest BCUT2D eigenvalue weighted by molar-refractivity contribution is 6.36. The van der Waals surface area contributed by atoms with Crippen LogP contribution in [0.3, 0.4) is 0 Å². The zero-order valence-electron chi connectivity index (χ0n) is 12.1. The number of aliphatic hydroxyl groups is 1. The second-order valence-electron chi connectivity index (χ2n) is 5.14. The Balaban J connectivity index is 1.98. The first-order valence-corrected chi connectivity index (χ1v) is 7.71. The number of halogens is 2. The lowest BCUT2D eigenvalue weighted by Gasteiger charge is -2.20. The Labute approximate surface area is 139 Å². The van der Waals surface area contributed by atoms with Crippen molar-refractivity contribution in [2.45, 2.75) is 25.5 Å². The molecule has 0 aliphatic rings. The molecule has 116 valence electrons. The van der Waals surface area contributed by atoms with Gasteiger partial charge in [0.15, 0.2) is 0 Å². The van der Waals surface area contributed by atoms with E-state index in [0.29, 0.717) is 17.0 Å². The number of aliphatic hydroxyl groups excluding tert-OH is 1. The summed E-state index contributed by atoms with van der Waals surface area (Å²) in [5, 5.41) is 13.7. The van der Waals surface area contributed by atoms with Crippen molar-refractivity contribution in [2.24, 2.45) is 0 Å². The Hall–Kier alpha value is -1.55. The van der Waals surface area contributed by atoms with E-state index in [1.165, 1.54) is 6.07 Å². The van der Waals surface area contributed by atoms with Crippen molar-refractivity contribution in [3.05, 3.63) is 69.7 Å². The summed E-state index contributed by atoms with van der Waals surface area (Å²) >= 11 is 11.8. The summed E-state index contributed by atoms with van der Waals surface area (Å²) in [6.45, 7) is 1.76. The average Bonchev–Trinajstić information content (AvgIpc) is 2.47. The molecule has 2 atom stereocenters. The summed E-state index contributed by atoms with van der Waals surface area (Å²) in [6.07, 6.45) is -0.214. The predicted octanol–water partition coefficient (Wildman–Crippen LogP) is 3.72. The van der Waals surface area contributed by atoms with Gasteiger partial charge in [-0.2, -0.15) is 0 Å². The minimum atomic E-state index is -0.683. The number of nitrogens with one attached hydrogen (secondary N) is 1. The standard InChI is InChI=1S/C17H17Cl2NO2/c1-11(16(21)9-12-5-3-2-4-6-12)20-17(22)14-8-7-13(18)10-15(14)19/h2-8,10-11,16,21H,9H2,1H3,(H,20,22). The molecule has 2 N–H and O–H groups in total. The largest absolute Gasteiger partial charge is 0.391 e. The van der Waals surface area contributed by atoms with Crippen molar-refractivity contribution in [1.82, 2.24) is 5.32 Å². The van der Waals surface area contributed by atoms with Gasteiger partial charge >= 0.3 is 0 Å². The number of hydrogen-bond donors (Lipinski definition) is 2. The van der Waals surface area contributed by atoms with E-state index in [1.54, 1.807) is 19.1 Å². The Morgan fingerprint density at radius 2 is 1.86 bits per heavy atom. The maximum atomic E-state index is 12.2. The lowest BCUT2D eigenvalue weighted by Crippen LogP contribution is -2.42. The third-order valence-electron chi connectivity index (χ3n) is 3.40. The van der Waals surface area contributed by atoms with Crippen molar-refractivity contribution >= 4 is 29.1 Å². The molecule has 0 fully saturated rings. The Bertz CT molecular complexity index is 646. The van der Waals surface area contributed by atoms with Gasteiger partial charge in [-0.15, -0.1) is 0 Å². The van der Waals surface area contributed by atoms with E-state index in [0.717, 1.165) is 5.56 Å². The van der Waals surface area contributed by atoms with Gasteiger partial charge in [0, 0.05) is 11.4 Å². The van der Waals surface area contributed by atoms with E-state index in [4.69, 9.17) is 23.2 Å². The molecule has 22 heavy (non-hydrogen) atoms. The topological polar surface area (TPSA) is 49.3 Å². The number of benzene rings is 2. The van der Waals surface area contributed by atoms with E-state index in [9.17, 15) is 9.90 Å². The van der Waals surface area contributed by atoms with Gasteiger partial charge in [-0.05, 0) is 30.7 Å². The fraction of sp³-hybridized carbons (Fsp3) is 0.235. The van der Waals surface area contributed by atoms with Crippen molar-refractivity contribution in [3.8, 4) is 0 Å². The summed E-state index contributed by atoms with van der Waals surface area (Å²) in [7, 11) is 0. The summed E-state index contributed by atoms with van der Waals surface area (Å²) in [4.78, 5) is 12.2. The zero-order chi connectivity index (χ0) is 16.1. The predicted molar refractivity (Wildman–Crippen MR) is 89.5 cm³/mol. The maximum Gasteiger partial charge on any atom is 0.253 e. The smallest absolute Gasteiger partial charge is 0.253 e. The Morgan fingerprint density at radius 3 is 2.50 bits per heavy atom. The molecule has 0 aromatic heterocycles. The molecule has 2 aromatic carbocycles. The Kier molecular flexibility index (Phi) is 5.83. The van der Waals surface area contributed by atoms with Crippen molar-refractivity contribution in [1.29, 1.82) is 0 Å². The molecular formula is C17H17Cl2NO2. The highest BCUT2D eigenvalue weighted by atomic mass is 35.5. The minimum absolute atomic E-state index is 0.287. The molecule has 3 nitrogen and oxygen atoms in total. The van der Waals surface area contributed by atoms with E-state index in [-0.39, 0.29) is 10.9 Å². The second kappa shape index (κ2) is 7.63. The van der Waals surface area contributed by atoms with Gasteiger partial charge in [-0.3, -0.25) is 4.79 Å². The van der Waals surface area contributed by atoms with Crippen molar-refractivity contribution in [2.75, 3.05) is 0 Å². The van der Waals surface area contributed by atoms with E-state index < -0.39 is 12.1 Å². The number of hydrogen-bond acceptors (Lipinski definition) is 2. The van der Waals surface area contributed by atoms with E-state index in [1.807, 2.05) is 30.3 Å². The summed E-state index contributed by atoms with van der Waals surface area (Å²) in [6, 6.07) is 13.9. The van der Waals surface area contributed by atoms with E-state index >= 15 is 0 Å². The molecule has 0 saturated heterocycles. The third kappa shape index (κ3) is 4.47. The van der Waals surface area contributed by atoms with Crippen LogP contribution in [0.1, 0.15) is 22.8 Å². The molecular weight excluding hydrogens is 321 g/mol. The normalized spacial score (nSPS) is 13.5. The highest BCUT2D eigenvalue weighted by Gasteiger charge is 2.19. The summed E-state index contributed by atoms with van der Waals surface area (Å²) in [5.41, 5.74) is 1.35. The molecule has 0 saturated carbocycles. The molecule has 2 rings (SSSR count). The first-order chi connectivity index (χ1) is 10.5. The molecule has 2 aromatic rings. The van der Waals surface area contributed by atoms with Crippen LogP contribution in [0.25, 0.3) is 0 Å². The maximum absolute atomic E-state index is 12.2. The molecule has 0 aliphatic carbocycles. The van der Waals surface area contributed by atoms with Gasteiger partial charge in [0.25, 0.3) is 5.91 Å². The lowest BCUT2D eigenvalue weighted by atomic mass is 10.0. The number of rotatable bonds is 5. The average molecular weight is 338 g/mol. The van der Waals surface area contributed by atoms with Crippen LogP contribution in [-0.2, 0) is 6.42 Å². The fourth-order valence-electron chi connectivity index (χ4n) is 2.09. The van der Waals surface area contributed by atoms with Gasteiger partial charge in [0.1, 0.15) is 0 Å². The SMILES string of the molecule is CC(NC(=O)c1ccc(Cl)cc1Cl)C(O)Cc1ccccc1. The number of carbonyl (C=O) groups is 1. The van der Waals surface area contributed by atoms with Crippen LogP contribution in [-0.4, -0.2) is 23.2 Å². The Morgan fingerprint density at radius 1 is 1.18 bits per heavy atom. The van der Waals surface area contributed by atoms with Gasteiger partial charge in [-0.1, -0.05) is 53.5 Å². The number of carbonyl (C=O) groups excluding carboxylic acids is 1. The first-order valence-electron chi connectivity index (χ1n) is 6.95. The molecule has 0 spiro atoms. The van der Waals surface area contributed by atoms with Crippen LogP contribution in [0.15, 0.2) is 48.5 Å². The molecule has 0 aliphatic heterocycles. The molecule has 5 heteroatoms. The molecule has 2 unspecified atom stereocenters. The van der Waals surface area contributed by atoms with E-state index in [2.05, 4.69) is 5.32 Å². The van der Waals surface area contributed by atoms with Gasteiger partial charge in [0.2, 0.25) is 0 Å². The van der Waals surface area contributed by atoms with Crippen LogP contribution in [0.2, 0.25) is 10.0 Å². The summed E-state index contributed by atoms with van der Waals surface area (Å²) in [5.74, 6) is -0.332. The molecule has 0 heterocycles. The summed E-state index contributed by atoms with van der Waals surface area (Å²) < 4.78 is 0. The second-order valence-corrected chi connectivity index (χ2v) is 5.99. The van der Waals surface area contributed by atoms with Crippen LogP contribution >= 0.6 is 23.2 Å². The number of amides is 1. The zero-order valence-corrected chi connectivity index (χ0v) is 13.6. The van der Waals surface area contributed by atoms with Crippen molar-refractivity contribution in [3.63, 3.8) is 0 Å². The minimum Gasteiger partial charge on any atom is -0.391 e. The van der Waals surface area contributed by atoms with Crippen LogP contribution in [0, 0.1) is 0 Å². The van der Waals surface area contributed by atoms with Crippen LogP contribution < -0.4 is 5.32 Å². The monoisotopic (exact) mass is 337 g/mol. The lowest BCUT2D eigenvalue weighted by molar-refractivity contribution is 0.0852. The molecule has 1 amide bonds. The first kappa shape index (κ1) is 16.8. The van der Waals surface area contributed by atoms with Crippen molar-refractivity contribution < 1.29 is 9.90 Å². The van der Waals surface area contributed by atoms with Crippen LogP contribution in [0.5, 0.6) is 0 Å². The van der Waals surface area contributed by atoms with Crippen LogP contribution in [0.4, 0.5) is 0 Å². The highest BCUT2D eigenvalue weighted by Crippen LogP contribution is 2.21. The quantitative estimate of drug-likeness (QED) is 0.873. The van der Waals surface area contributed by atoms with Gasteiger partial charge in [-0.25, -0.2) is 0 Å². The van der Waals surface area contributed by atoms with Gasteiger partial charge in [0.05, 0.1) is 22.7 Å². The van der Waals surface area contributed by atoms with Gasteiger partial charge < -0.3 is 10.4 Å². The fourth-order valence-corrected chi connectivity index (χ4v) is 2.58. The third-order valence-corrected chi connectivity index (χ3v) is 3.95. The molecule has 0 bridgehead atoms. The molecule has 0 radical (unpaired) electrons.